The van der Waals surface area contributed by atoms with Gasteiger partial charge in [0.25, 0.3) is 5.91 Å². The Labute approximate surface area is 163 Å². The lowest BCUT2D eigenvalue weighted by Gasteiger charge is -2.05. The second kappa shape index (κ2) is 7.26. The monoisotopic (exact) mass is 491 g/mol. The van der Waals surface area contributed by atoms with Gasteiger partial charge in [0.2, 0.25) is 0 Å². The lowest BCUT2D eigenvalue weighted by molar-refractivity contribution is 0.102. The number of carbonyl (C=O) groups is 1. The maximum Gasteiger partial charge on any atom is 0.276 e. The van der Waals surface area contributed by atoms with Gasteiger partial charge < -0.3 is 5.32 Å². The van der Waals surface area contributed by atoms with Crippen molar-refractivity contribution < 1.29 is 4.79 Å². The second-order valence-electron chi connectivity index (χ2n) is 4.81. The van der Waals surface area contributed by atoms with Crippen molar-refractivity contribution in [3.8, 4) is 0 Å². The highest BCUT2D eigenvalue weighted by molar-refractivity contribution is 9.11. The zero-order valence-corrected chi connectivity index (χ0v) is 16.5. The van der Waals surface area contributed by atoms with Crippen LogP contribution in [0, 0.1) is 0 Å². The molecule has 0 aliphatic rings. The molecule has 0 spiro atoms. The molecule has 3 aromatic rings. The van der Waals surface area contributed by atoms with Gasteiger partial charge >= 0.3 is 0 Å². The summed E-state index contributed by atoms with van der Waals surface area (Å²) in [5.41, 5.74) is 1.18. The maximum absolute atomic E-state index is 12.2. The fourth-order valence-electron chi connectivity index (χ4n) is 1.99. The molecular formula is C14H9Br2Cl2N5O. The largest absolute Gasteiger partial charge is 0.303 e. The van der Waals surface area contributed by atoms with E-state index in [2.05, 4.69) is 52.5 Å². The SMILES string of the molecule is O=C(Nc1nn(Cc2ccc(Cl)cc2Cl)cc1Br)c1[nH]ncc1Br. The summed E-state index contributed by atoms with van der Waals surface area (Å²) < 4.78 is 2.89. The van der Waals surface area contributed by atoms with Gasteiger partial charge in [0.15, 0.2) is 5.82 Å². The Morgan fingerprint density at radius 3 is 2.75 bits per heavy atom. The number of benzene rings is 1. The third kappa shape index (κ3) is 3.83. The van der Waals surface area contributed by atoms with E-state index >= 15 is 0 Å². The van der Waals surface area contributed by atoms with Crippen LogP contribution in [0.5, 0.6) is 0 Å². The molecule has 2 heterocycles. The summed E-state index contributed by atoms with van der Waals surface area (Å²) in [5.74, 6) is 0.0430. The molecule has 1 amide bonds. The minimum Gasteiger partial charge on any atom is -0.303 e. The normalized spacial score (nSPS) is 10.8. The third-order valence-electron chi connectivity index (χ3n) is 3.12. The first-order chi connectivity index (χ1) is 11.4. The number of carbonyl (C=O) groups excluding carboxylic acids is 1. The fourth-order valence-corrected chi connectivity index (χ4v) is 3.24. The molecule has 0 saturated heterocycles. The number of rotatable bonds is 4. The van der Waals surface area contributed by atoms with Crippen LogP contribution in [0.2, 0.25) is 10.0 Å². The molecule has 6 nitrogen and oxygen atoms in total. The summed E-state index contributed by atoms with van der Waals surface area (Å²) >= 11 is 18.7. The van der Waals surface area contributed by atoms with E-state index < -0.39 is 0 Å². The van der Waals surface area contributed by atoms with Crippen LogP contribution in [-0.4, -0.2) is 25.9 Å². The van der Waals surface area contributed by atoms with Gasteiger partial charge in [-0.25, -0.2) is 0 Å². The molecule has 124 valence electrons. The van der Waals surface area contributed by atoms with Crippen molar-refractivity contribution in [2.45, 2.75) is 6.54 Å². The van der Waals surface area contributed by atoms with Crippen molar-refractivity contribution >= 4 is 66.8 Å². The van der Waals surface area contributed by atoms with E-state index in [4.69, 9.17) is 23.2 Å². The van der Waals surface area contributed by atoms with Crippen LogP contribution < -0.4 is 5.32 Å². The third-order valence-corrected chi connectivity index (χ3v) is 4.89. The number of aromatic amines is 1. The predicted octanol–water partition coefficient (Wildman–Crippen LogP) is 4.74. The molecule has 0 radical (unpaired) electrons. The average Bonchev–Trinajstić information content (AvgIpc) is 3.08. The van der Waals surface area contributed by atoms with Gasteiger partial charge in [0.05, 0.1) is 21.7 Å². The van der Waals surface area contributed by atoms with Crippen LogP contribution in [0.25, 0.3) is 0 Å². The predicted molar refractivity (Wildman–Crippen MR) is 99.7 cm³/mol. The summed E-state index contributed by atoms with van der Waals surface area (Å²) in [5, 5.41) is 14.6. The number of aromatic nitrogens is 4. The first-order valence-corrected chi connectivity index (χ1v) is 8.95. The highest BCUT2D eigenvalue weighted by Gasteiger charge is 2.16. The molecular weight excluding hydrogens is 485 g/mol. The number of halogens is 4. The fraction of sp³-hybridized carbons (Fsp3) is 0.0714. The topological polar surface area (TPSA) is 75.6 Å². The van der Waals surface area contributed by atoms with Crippen LogP contribution in [-0.2, 0) is 6.54 Å². The smallest absolute Gasteiger partial charge is 0.276 e. The first-order valence-electron chi connectivity index (χ1n) is 6.61. The highest BCUT2D eigenvalue weighted by atomic mass is 79.9. The van der Waals surface area contributed by atoms with Crippen molar-refractivity contribution in [1.82, 2.24) is 20.0 Å². The van der Waals surface area contributed by atoms with E-state index in [-0.39, 0.29) is 5.91 Å². The zero-order chi connectivity index (χ0) is 17.3. The van der Waals surface area contributed by atoms with E-state index in [9.17, 15) is 4.79 Å². The summed E-state index contributed by atoms with van der Waals surface area (Å²) in [6, 6.07) is 5.27. The Hall–Kier alpha value is -1.35. The zero-order valence-electron chi connectivity index (χ0n) is 11.9. The van der Waals surface area contributed by atoms with Crippen molar-refractivity contribution in [2.75, 3.05) is 5.32 Å². The van der Waals surface area contributed by atoms with E-state index in [1.807, 2.05) is 6.07 Å². The van der Waals surface area contributed by atoms with Crippen LogP contribution >= 0.6 is 55.1 Å². The van der Waals surface area contributed by atoms with Gasteiger partial charge in [-0.2, -0.15) is 10.2 Å². The van der Waals surface area contributed by atoms with Gasteiger partial charge in [-0.3, -0.25) is 14.6 Å². The minimum absolute atomic E-state index is 0.317. The number of nitrogens with zero attached hydrogens (tertiary/aromatic N) is 3. The summed E-state index contributed by atoms with van der Waals surface area (Å²) in [6.07, 6.45) is 3.26. The minimum atomic E-state index is -0.352. The molecule has 0 aliphatic heterocycles. The molecule has 0 saturated carbocycles. The lowest BCUT2D eigenvalue weighted by Crippen LogP contribution is -2.14. The summed E-state index contributed by atoms with van der Waals surface area (Å²) in [6.45, 7) is 0.443. The molecule has 0 aliphatic carbocycles. The molecule has 0 atom stereocenters. The molecule has 2 N–H and O–H groups in total. The maximum atomic E-state index is 12.2. The van der Waals surface area contributed by atoms with Gasteiger partial charge in [-0.1, -0.05) is 29.3 Å². The molecule has 1 aromatic carbocycles. The van der Waals surface area contributed by atoms with Crippen molar-refractivity contribution in [1.29, 1.82) is 0 Å². The molecule has 0 bridgehead atoms. The Morgan fingerprint density at radius 2 is 2.08 bits per heavy atom. The quantitative estimate of drug-likeness (QED) is 0.551. The van der Waals surface area contributed by atoms with E-state index in [0.29, 0.717) is 37.0 Å². The van der Waals surface area contributed by atoms with Crippen molar-refractivity contribution in [2.24, 2.45) is 0 Å². The van der Waals surface area contributed by atoms with Crippen LogP contribution in [0.15, 0.2) is 39.5 Å². The molecule has 24 heavy (non-hydrogen) atoms. The number of hydrogen-bond donors (Lipinski definition) is 2. The van der Waals surface area contributed by atoms with Crippen molar-refractivity contribution in [3.63, 3.8) is 0 Å². The number of anilines is 1. The Balaban J connectivity index is 1.78. The Kier molecular flexibility index (Phi) is 5.29. The first kappa shape index (κ1) is 17.5. The van der Waals surface area contributed by atoms with Gasteiger partial charge in [0, 0.05) is 16.2 Å². The van der Waals surface area contributed by atoms with Crippen molar-refractivity contribution in [3.05, 3.63) is 60.8 Å². The van der Waals surface area contributed by atoms with Gasteiger partial charge in [-0.15, -0.1) is 0 Å². The molecule has 0 unspecified atom stereocenters. The molecule has 2 aromatic heterocycles. The number of H-pyrrole nitrogens is 1. The average molecular weight is 494 g/mol. The number of hydrogen-bond acceptors (Lipinski definition) is 3. The Morgan fingerprint density at radius 1 is 1.29 bits per heavy atom. The second-order valence-corrected chi connectivity index (χ2v) is 7.36. The lowest BCUT2D eigenvalue weighted by atomic mass is 10.2. The van der Waals surface area contributed by atoms with E-state index in [0.717, 1.165) is 5.56 Å². The standard InChI is InChI=1S/C14H9Br2Cl2N5O/c15-9-4-19-21-12(9)14(24)20-13-10(16)6-23(22-13)5-7-1-2-8(17)3-11(7)18/h1-4,6H,5H2,(H,19,21)(H,20,22,24). The van der Waals surface area contributed by atoms with Crippen LogP contribution in [0.3, 0.4) is 0 Å². The van der Waals surface area contributed by atoms with Crippen LogP contribution in [0.1, 0.15) is 16.1 Å². The molecule has 0 fully saturated rings. The van der Waals surface area contributed by atoms with Gasteiger partial charge in [-0.05, 0) is 49.6 Å². The van der Waals surface area contributed by atoms with Gasteiger partial charge in [0.1, 0.15) is 5.69 Å². The van der Waals surface area contributed by atoms with E-state index in [1.165, 1.54) is 6.20 Å². The summed E-state index contributed by atoms with van der Waals surface area (Å²) in [4.78, 5) is 12.2. The molecule has 3 rings (SSSR count). The highest BCUT2D eigenvalue weighted by Crippen LogP contribution is 2.25. The Bertz CT molecular complexity index is 908. The number of amides is 1. The summed E-state index contributed by atoms with van der Waals surface area (Å²) in [7, 11) is 0. The van der Waals surface area contributed by atoms with E-state index in [1.54, 1.807) is 23.0 Å². The number of nitrogens with one attached hydrogen (secondary N) is 2. The molecule has 10 heteroatoms. The van der Waals surface area contributed by atoms with Crippen LogP contribution in [0.4, 0.5) is 5.82 Å².